The molecule has 4 aromatic rings. The Morgan fingerprint density at radius 3 is 2.58 bits per heavy atom. The molecule has 0 bridgehead atoms. The van der Waals surface area contributed by atoms with E-state index in [1.807, 2.05) is 31.2 Å². The monoisotopic (exact) mass is 338 g/mol. The molecule has 2 aromatic heterocycles. The number of hydrogen-bond acceptors (Lipinski definition) is 4. The normalized spacial score (nSPS) is 12.8. The number of rotatable bonds is 3. The van der Waals surface area contributed by atoms with Crippen molar-refractivity contribution in [3.63, 3.8) is 0 Å². The van der Waals surface area contributed by atoms with Gasteiger partial charge in [0, 0.05) is 10.6 Å². The van der Waals surface area contributed by atoms with Crippen LogP contribution in [0, 0.1) is 12.7 Å². The second-order valence-corrected chi connectivity index (χ2v) is 6.93. The van der Waals surface area contributed by atoms with E-state index >= 15 is 0 Å². The Bertz CT molecular complexity index is 1030. The molecule has 120 valence electrons. The fourth-order valence-electron chi connectivity index (χ4n) is 2.67. The van der Waals surface area contributed by atoms with Gasteiger partial charge in [0.1, 0.15) is 11.6 Å². The van der Waals surface area contributed by atoms with Gasteiger partial charge in [-0.3, -0.25) is 0 Å². The smallest absolute Gasteiger partial charge is 0.192 e. The first-order valence-electron chi connectivity index (χ1n) is 7.66. The zero-order valence-corrected chi connectivity index (χ0v) is 14.1. The molecule has 1 atom stereocenters. The zero-order valence-electron chi connectivity index (χ0n) is 13.3. The molecule has 24 heavy (non-hydrogen) atoms. The van der Waals surface area contributed by atoms with Crippen LogP contribution in [0.15, 0.2) is 53.7 Å². The summed E-state index contributed by atoms with van der Waals surface area (Å²) >= 11 is 1.59. The maximum atomic E-state index is 13.1. The lowest BCUT2D eigenvalue weighted by Gasteiger charge is -2.12. The lowest BCUT2D eigenvalue weighted by molar-refractivity contribution is 0.627. The average Bonchev–Trinajstić information content (AvgIpc) is 2.97. The molecular formula is C18H15FN4S. The standard InChI is InChI=1S/C18H15FN4S/c1-11(13-7-9-14(19)10-8-13)24-18-21-16-6-4-3-5-15(16)17-20-12(2)22-23(17)18/h3-11H,1-2H3/t11-/m1/s1. The summed E-state index contributed by atoms with van der Waals surface area (Å²) in [6.07, 6.45) is 0. The Morgan fingerprint density at radius 2 is 1.79 bits per heavy atom. The summed E-state index contributed by atoms with van der Waals surface area (Å²) in [6, 6.07) is 14.5. The molecule has 0 aliphatic carbocycles. The van der Waals surface area contributed by atoms with E-state index in [1.54, 1.807) is 28.4 Å². The number of nitrogens with zero attached hydrogens (tertiary/aromatic N) is 4. The maximum Gasteiger partial charge on any atom is 0.192 e. The molecule has 6 heteroatoms. The van der Waals surface area contributed by atoms with Gasteiger partial charge in [-0.05, 0) is 43.7 Å². The molecule has 2 heterocycles. The van der Waals surface area contributed by atoms with Crippen LogP contribution in [0.3, 0.4) is 0 Å². The van der Waals surface area contributed by atoms with Crippen molar-refractivity contribution in [2.75, 3.05) is 0 Å². The second kappa shape index (κ2) is 5.87. The molecule has 0 aliphatic heterocycles. The summed E-state index contributed by atoms with van der Waals surface area (Å²) in [5.41, 5.74) is 2.75. The fraction of sp³-hybridized carbons (Fsp3) is 0.167. The van der Waals surface area contributed by atoms with Crippen LogP contribution in [0.5, 0.6) is 0 Å². The van der Waals surface area contributed by atoms with Crippen molar-refractivity contribution in [2.45, 2.75) is 24.3 Å². The van der Waals surface area contributed by atoms with E-state index in [0.29, 0.717) is 5.82 Å². The van der Waals surface area contributed by atoms with Gasteiger partial charge in [-0.1, -0.05) is 36.0 Å². The Kier molecular flexibility index (Phi) is 3.69. The van der Waals surface area contributed by atoms with Gasteiger partial charge in [-0.15, -0.1) is 5.10 Å². The maximum absolute atomic E-state index is 13.1. The predicted molar refractivity (Wildman–Crippen MR) is 93.7 cm³/mol. The largest absolute Gasteiger partial charge is 0.222 e. The van der Waals surface area contributed by atoms with Gasteiger partial charge in [0.25, 0.3) is 0 Å². The SMILES string of the molecule is Cc1nc2c3ccccc3nc(S[C@H](C)c3ccc(F)cc3)n2n1. The second-order valence-electron chi connectivity index (χ2n) is 5.62. The van der Waals surface area contributed by atoms with Crippen molar-refractivity contribution in [2.24, 2.45) is 0 Å². The molecule has 0 saturated heterocycles. The number of fused-ring (bicyclic) bond motifs is 3. The van der Waals surface area contributed by atoms with Crippen molar-refractivity contribution < 1.29 is 4.39 Å². The van der Waals surface area contributed by atoms with Crippen LogP contribution in [-0.4, -0.2) is 19.6 Å². The Hall–Kier alpha value is -2.47. The molecule has 0 N–H and O–H groups in total. The molecule has 0 fully saturated rings. The molecule has 0 aliphatic rings. The van der Waals surface area contributed by atoms with Crippen molar-refractivity contribution in [1.29, 1.82) is 0 Å². The van der Waals surface area contributed by atoms with E-state index in [9.17, 15) is 4.39 Å². The first-order chi connectivity index (χ1) is 11.6. The minimum absolute atomic E-state index is 0.118. The Balaban J connectivity index is 1.81. The van der Waals surface area contributed by atoms with Crippen LogP contribution < -0.4 is 0 Å². The molecule has 0 saturated carbocycles. The molecule has 0 spiro atoms. The lowest BCUT2D eigenvalue weighted by Crippen LogP contribution is -2.00. The highest BCUT2D eigenvalue weighted by molar-refractivity contribution is 7.99. The fourth-order valence-corrected chi connectivity index (χ4v) is 3.66. The first kappa shape index (κ1) is 15.1. The van der Waals surface area contributed by atoms with Crippen molar-refractivity contribution >= 4 is 28.3 Å². The van der Waals surface area contributed by atoms with Crippen LogP contribution in [0.2, 0.25) is 0 Å². The van der Waals surface area contributed by atoms with Gasteiger partial charge in [0.2, 0.25) is 0 Å². The van der Waals surface area contributed by atoms with Crippen LogP contribution in [0.4, 0.5) is 4.39 Å². The topological polar surface area (TPSA) is 43.1 Å². The van der Waals surface area contributed by atoms with Gasteiger partial charge in [0.05, 0.1) is 5.52 Å². The van der Waals surface area contributed by atoms with Crippen LogP contribution in [0.1, 0.15) is 23.6 Å². The van der Waals surface area contributed by atoms with Crippen molar-refractivity contribution in [3.05, 3.63) is 65.7 Å². The number of benzene rings is 2. The van der Waals surface area contributed by atoms with E-state index in [2.05, 4.69) is 17.0 Å². The van der Waals surface area contributed by atoms with E-state index in [-0.39, 0.29) is 11.1 Å². The molecule has 4 nitrogen and oxygen atoms in total. The number of aryl methyl sites for hydroxylation is 1. The summed E-state index contributed by atoms with van der Waals surface area (Å²) < 4.78 is 14.9. The third-order valence-corrected chi connectivity index (χ3v) is 4.98. The number of hydrogen-bond donors (Lipinski definition) is 0. The number of aromatic nitrogens is 4. The molecule has 0 unspecified atom stereocenters. The summed E-state index contributed by atoms with van der Waals surface area (Å²) in [7, 11) is 0. The first-order valence-corrected chi connectivity index (χ1v) is 8.54. The highest BCUT2D eigenvalue weighted by Gasteiger charge is 2.16. The van der Waals surface area contributed by atoms with Gasteiger partial charge < -0.3 is 0 Å². The van der Waals surface area contributed by atoms with E-state index < -0.39 is 0 Å². The Labute approximate surface area is 142 Å². The third-order valence-electron chi connectivity index (χ3n) is 3.88. The average molecular weight is 338 g/mol. The van der Waals surface area contributed by atoms with Gasteiger partial charge >= 0.3 is 0 Å². The van der Waals surface area contributed by atoms with E-state index in [4.69, 9.17) is 4.98 Å². The number of halogens is 1. The molecule has 0 radical (unpaired) electrons. The molecule has 2 aromatic carbocycles. The van der Waals surface area contributed by atoms with Gasteiger partial charge in [-0.2, -0.15) is 4.52 Å². The lowest BCUT2D eigenvalue weighted by atomic mass is 10.2. The molecule has 4 rings (SSSR count). The highest BCUT2D eigenvalue weighted by Crippen LogP contribution is 2.35. The summed E-state index contributed by atoms with van der Waals surface area (Å²) in [6.45, 7) is 3.95. The van der Waals surface area contributed by atoms with E-state index in [0.717, 1.165) is 27.3 Å². The van der Waals surface area contributed by atoms with Gasteiger partial charge in [0.15, 0.2) is 10.8 Å². The predicted octanol–water partition coefficient (Wildman–Crippen LogP) is 4.58. The van der Waals surface area contributed by atoms with Crippen LogP contribution in [0.25, 0.3) is 16.6 Å². The molecular weight excluding hydrogens is 323 g/mol. The number of para-hydroxylation sites is 1. The molecule has 0 amide bonds. The van der Waals surface area contributed by atoms with Crippen molar-refractivity contribution in [3.8, 4) is 0 Å². The van der Waals surface area contributed by atoms with E-state index in [1.165, 1.54) is 12.1 Å². The third kappa shape index (κ3) is 2.63. The highest BCUT2D eigenvalue weighted by atomic mass is 32.2. The number of thioether (sulfide) groups is 1. The minimum Gasteiger partial charge on any atom is -0.222 e. The van der Waals surface area contributed by atoms with Crippen LogP contribution in [-0.2, 0) is 0 Å². The van der Waals surface area contributed by atoms with Crippen LogP contribution >= 0.6 is 11.8 Å². The van der Waals surface area contributed by atoms with Gasteiger partial charge in [-0.25, -0.2) is 14.4 Å². The summed E-state index contributed by atoms with van der Waals surface area (Å²) in [5.74, 6) is 0.485. The zero-order chi connectivity index (χ0) is 16.7. The summed E-state index contributed by atoms with van der Waals surface area (Å²) in [5, 5.41) is 6.37. The minimum atomic E-state index is -0.228. The summed E-state index contributed by atoms with van der Waals surface area (Å²) in [4.78, 5) is 9.29. The Morgan fingerprint density at radius 1 is 1.04 bits per heavy atom. The quantitative estimate of drug-likeness (QED) is 0.405. The van der Waals surface area contributed by atoms with Crippen molar-refractivity contribution in [1.82, 2.24) is 19.6 Å².